The molecule has 0 aliphatic carbocycles. The molecule has 14 N–H and O–H groups in total. The van der Waals surface area contributed by atoms with E-state index in [0.717, 1.165) is 72.8 Å². The number of phenolic OH excluding ortho intramolecular Hbond substituents is 2. The van der Waals surface area contributed by atoms with Crippen LogP contribution in [-0.2, 0) is 78.1 Å². The van der Waals surface area contributed by atoms with Crippen LogP contribution >= 0.6 is 23.2 Å². The van der Waals surface area contributed by atoms with Crippen LogP contribution in [0.4, 0.5) is 80.7 Å². The van der Waals surface area contributed by atoms with E-state index in [4.69, 9.17) is 23.2 Å². The number of aromatic carboxylic acids is 2. The zero-order chi connectivity index (χ0) is 87.5. The smallest absolute Gasteiger partial charge is 0.505 e. The van der Waals surface area contributed by atoms with Crippen molar-refractivity contribution < 1.29 is 145 Å². The van der Waals surface area contributed by atoms with E-state index < -0.39 is 146 Å². The topological polar surface area (TPSA) is 702 Å². The molecule has 622 valence electrons. The number of carbonyl (C=O) groups is 2. The third-order valence-corrected chi connectivity index (χ3v) is 21.8. The number of fused-ring (bicyclic) bond motifs is 2. The van der Waals surface area contributed by atoms with Gasteiger partial charge in [0, 0.05) is 75.1 Å². The maximum Gasteiger partial charge on any atom is 1.00 e. The molecule has 0 aliphatic heterocycles. The number of aromatic nitrogens is 6. The Balaban J connectivity index is 0.000000621. The third-order valence-electron chi connectivity index (χ3n) is 16.1. The van der Waals surface area contributed by atoms with Crippen LogP contribution in [-0.4, -0.2) is 150 Å². The van der Waals surface area contributed by atoms with Gasteiger partial charge in [0.25, 0.3) is 72.1 Å². The average Bonchev–Trinajstić information content (AvgIpc) is 0.770. The van der Waals surface area contributed by atoms with Crippen molar-refractivity contribution in [3.05, 3.63) is 234 Å². The molecule has 12 aromatic rings. The van der Waals surface area contributed by atoms with Gasteiger partial charge in [-0.1, -0.05) is 60.7 Å². The van der Waals surface area contributed by atoms with Gasteiger partial charge in [-0.15, -0.1) is 20.5 Å². The Kier molecular flexibility index (Phi) is 26.4. The van der Waals surface area contributed by atoms with Crippen molar-refractivity contribution in [2.45, 2.75) is 29.4 Å². The Morgan fingerprint density at radius 2 is 0.645 bits per heavy atom. The number of halogens is 2. The van der Waals surface area contributed by atoms with E-state index in [2.05, 4.69) is 71.6 Å². The van der Waals surface area contributed by atoms with Crippen LogP contribution in [0.3, 0.4) is 0 Å². The fourth-order valence-corrected chi connectivity index (χ4v) is 15.3. The van der Waals surface area contributed by atoms with Crippen LogP contribution in [0, 0.1) is 20.2 Å². The summed E-state index contributed by atoms with van der Waals surface area (Å²) in [5.74, 6) is -5.11. The zero-order valence-electron chi connectivity index (χ0n) is 66.3. The van der Waals surface area contributed by atoms with E-state index in [1.54, 1.807) is 0 Å². The van der Waals surface area contributed by atoms with Gasteiger partial charge >= 0.3 is 21.9 Å². The minimum atomic E-state index is -5.05. The standard InChI is InChI=1S/2C34H23ClN8O14S3.Cr/c2*35-32-38-33(36-20-10-12-23-19(13-20)14-28(60(55,56)57)29(30(23)44)42-41-25-4-2-1-3-24(25)31(45)46)40-34(39-32)37-21-9-7-17(26(15-21)58(49,50)51)5-6-18-8-11-22(43(47)48)16-27(18)59(52,53)54;/h2*1-16,44H,(H,45,46)(H,49,50,51)(H,52,53,54)(H,55,56,57)(H2,36,37,38,39,40);/p+7/b2*6-5+,42-41?;. The Hall–Kier alpha value is -13.5. The second-order valence-electron chi connectivity index (χ2n) is 24.0. The fourth-order valence-electron chi connectivity index (χ4n) is 10.9. The number of carboxylic acids is 2. The van der Waals surface area contributed by atoms with Crippen LogP contribution in [0.25, 0.3) is 45.8 Å². The molecular weight excluding hydrogens is 1800 g/mol. The number of non-ortho nitro benzene ring substituents is 2. The summed E-state index contributed by atoms with van der Waals surface area (Å²) in [4.78, 5) is 63.0. The van der Waals surface area contributed by atoms with E-state index in [-0.39, 0.29) is 151 Å². The van der Waals surface area contributed by atoms with E-state index in [1.165, 1.54) is 109 Å². The van der Waals surface area contributed by atoms with Gasteiger partial charge in [-0.3, -0.25) is 47.5 Å². The van der Waals surface area contributed by atoms with E-state index in [1.807, 2.05) is 0 Å². The van der Waals surface area contributed by atoms with Crippen LogP contribution < -0.4 is 21.3 Å². The summed E-state index contributed by atoms with van der Waals surface area (Å²) in [6, 6.07) is 33.0. The molecule has 0 amide bonds. The molecule has 0 radical (unpaired) electrons. The Morgan fingerprint density at radius 1 is 0.372 bits per heavy atom. The quantitative estimate of drug-likeness (QED) is 0.00787. The summed E-state index contributed by atoms with van der Waals surface area (Å²) in [5.41, 5.74) is -4.08. The number of nitro benzene ring substituents is 2. The zero-order valence-corrected chi connectivity index (χ0v) is 67.0. The van der Waals surface area contributed by atoms with Gasteiger partial charge in [0.05, 0.1) is 21.0 Å². The van der Waals surface area contributed by atoms with Crippen molar-refractivity contribution >= 4 is 222 Å². The van der Waals surface area contributed by atoms with Crippen molar-refractivity contribution in [2.75, 3.05) is 21.3 Å². The first-order valence-electron chi connectivity index (χ1n) is 32.2. The summed E-state index contributed by atoms with van der Waals surface area (Å²) in [7, 11) is -30.0. The van der Waals surface area contributed by atoms with Gasteiger partial charge in [-0.05, 0) is 165 Å². The van der Waals surface area contributed by atoms with Crippen molar-refractivity contribution in [3.8, 4) is 11.5 Å². The maximum atomic E-state index is 12.4. The second-order valence-corrected chi connectivity index (χ2v) is 33.1. The number of anilines is 8. The first-order chi connectivity index (χ1) is 56.2. The Labute approximate surface area is 709 Å². The van der Waals surface area contributed by atoms with Crippen molar-refractivity contribution in [1.82, 2.24) is 29.9 Å². The molecule has 2 heterocycles. The first kappa shape index (κ1) is 89.9. The number of hydrogen-bond acceptors (Lipinski definition) is 34. The Morgan fingerprint density at radius 3 is 0.934 bits per heavy atom. The Bertz CT molecular complexity index is 6840. The van der Waals surface area contributed by atoms with Crippen LogP contribution in [0.2, 0.25) is 10.6 Å². The van der Waals surface area contributed by atoms with Crippen LogP contribution in [0.5, 0.6) is 11.5 Å². The fraction of sp³-hybridized carbons (Fsp3) is 0. The number of azo groups is 2. The molecule has 0 fully saturated rings. The molecule has 0 saturated carbocycles. The molecule has 2 aromatic heterocycles. The minimum absolute atomic E-state index is 0. The van der Waals surface area contributed by atoms with Gasteiger partial charge < -0.3 is 41.7 Å². The molecule has 0 spiro atoms. The number of carboxylic acid groups (broad SMARTS) is 2. The maximum absolute atomic E-state index is 12.4. The van der Waals surface area contributed by atoms with E-state index >= 15 is 0 Å². The van der Waals surface area contributed by atoms with Crippen LogP contribution in [0.15, 0.2) is 220 Å². The molecule has 121 heavy (non-hydrogen) atoms. The monoisotopic (exact) mass is 1860 g/mol. The predicted octanol–water partition coefficient (Wildman–Crippen LogP) is 14.4. The molecule has 0 unspecified atom stereocenters. The van der Waals surface area contributed by atoms with Gasteiger partial charge in [-0.25, -0.2) is 9.59 Å². The predicted molar refractivity (Wildman–Crippen MR) is 433 cm³/mol. The van der Waals surface area contributed by atoms with Crippen molar-refractivity contribution in [2.24, 2.45) is 20.5 Å². The van der Waals surface area contributed by atoms with Gasteiger partial charge in [0.2, 0.25) is 34.4 Å². The molecule has 44 nitrogen and oxygen atoms in total. The largest absolute Gasteiger partial charge is 1.00 e. The summed E-state index contributed by atoms with van der Waals surface area (Å²) in [6.45, 7) is 0. The normalized spacial score (nSPS) is 12.2. The van der Waals surface area contributed by atoms with Gasteiger partial charge in [-0.2, -0.15) is 80.4 Å². The number of nitrogens with one attached hydrogen (secondary N) is 4. The van der Waals surface area contributed by atoms with Gasteiger partial charge in [0.1, 0.15) is 52.1 Å². The molecule has 0 aliphatic rings. The number of nitro groups is 2. The number of benzene rings is 10. The molecule has 12 rings (SSSR count). The molecule has 10 aromatic carbocycles. The summed E-state index contributed by atoms with van der Waals surface area (Å²) in [6.07, 6.45) is 4.22. The van der Waals surface area contributed by atoms with Crippen molar-refractivity contribution in [1.29, 1.82) is 0 Å². The van der Waals surface area contributed by atoms with E-state index in [9.17, 15) is 128 Å². The number of rotatable bonds is 26. The van der Waals surface area contributed by atoms with Crippen molar-refractivity contribution in [3.63, 3.8) is 0 Å². The average molecular weight is 1860 g/mol. The van der Waals surface area contributed by atoms with Crippen LogP contribution in [0.1, 0.15) is 53.0 Å². The number of phenols is 2. The summed E-state index contributed by atoms with van der Waals surface area (Å²) >= 11 is 12.2. The SMILES string of the molecule is O=C(O)c1ccccc1N=Nc1c(S(=O)(=O)O)cc2cc(Nc3nc(Cl)nc(Nc4ccc(/C=C/c5ccc([N+](=O)[O-])cc5S(=O)(=O)O)c(S(=O)(=O)O)c4)n3)ccc2c1O.O=C(O)c1ccccc1N=Nc1c(S(=O)(=O)O)cc2cc(Nc3nc(Cl)nc(Nc4ccc(/C=C/c5ccc([N+](=O)[O-])cc5S(=O)(=O)O)c(S(=O)(=O)O)c4)n3)ccc2c1O.[Cr].[H+].[H+].[H+].[H+].[H+].[H+].[H+]. The summed E-state index contributed by atoms with van der Waals surface area (Å²) < 4.78 is 206. The van der Waals surface area contributed by atoms with Gasteiger partial charge in [0.15, 0.2) is 11.5 Å². The third kappa shape index (κ3) is 21.9. The second kappa shape index (κ2) is 35.6. The molecule has 0 atom stereocenters. The first-order valence-corrected chi connectivity index (χ1v) is 41.6. The molecule has 0 bridgehead atoms. The number of nitrogens with zero attached hydrogens (tertiary/aromatic N) is 12. The van der Waals surface area contributed by atoms with E-state index in [0.29, 0.717) is 12.1 Å². The number of hydrogen-bond donors (Lipinski definition) is 14. The molecular formula is C68H53Cl2CrN16O28S6+7. The minimum Gasteiger partial charge on any atom is -0.505 e. The molecule has 0 saturated heterocycles. The number of aromatic hydroxyl groups is 2. The molecule has 53 heteroatoms. The summed E-state index contributed by atoms with van der Waals surface area (Å²) in [5, 5.41) is 88.6.